The van der Waals surface area contributed by atoms with E-state index in [0.29, 0.717) is 0 Å². The number of primary amides is 1. The number of Topliss-reactive ketones (excluding diaryl/α,β-unsaturated/α-hetero) is 2. The van der Waals surface area contributed by atoms with Crippen molar-refractivity contribution < 1.29 is 44.0 Å². The van der Waals surface area contributed by atoms with Gasteiger partial charge in [-0.3, -0.25) is 24.1 Å². The van der Waals surface area contributed by atoms with E-state index >= 15 is 4.39 Å². The summed E-state index contributed by atoms with van der Waals surface area (Å²) in [5.74, 6) is -9.86. The molecule has 0 saturated heterocycles. The first kappa shape index (κ1) is 24.9. The molecule has 13 heteroatoms. The summed E-state index contributed by atoms with van der Waals surface area (Å²) in [6, 6.07) is -2.30. The minimum absolute atomic E-state index is 0.0519. The van der Waals surface area contributed by atoms with Crippen LogP contribution in [-0.4, -0.2) is 80.5 Å². The number of nitrogens with zero attached hydrogens (tertiary/aromatic N) is 1. The number of likely N-dealkylation sites (N-methyl/N-ethyl adjacent to an activating group) is 1. The SMILES string of the molecule is CN(C)[C@H]1C(=O)C(C(N)=O)=C(O)[C@]2(O)C(=O)C3=C(O)c4c(O)c5c(c(F)c4C[C@@H]3C[C@H]12)CC(N)C(=O)N5. The lowest BCUT2D eigenvalue weighted by atomic mass is 9.57. The van der Waals surface area contributed by atoms with Gasteiger partial charge in [0.2, 0.25) is 11.7 Å². The molecular weight excluding hydrogens is 491 g/mol. The number of rotatable bonds is 2. The molecule has 0 bridgehead atoms. The predicted octanol–water partition coefficient (Wildman–Crippen LogP) is -1.07. The van der Waals surface area contributed by atoms with E-state index in [4.69, 9.17) is 11.5 Å². The molecule has 37 heavy (non-hydrogen) atoms. The summed E-state index contributed by atoms with van der Waals surface area (Å²) in [7, 11) is 2.96. The molecule has 12 nitrogen and oxygen atoms in total. The van der Waals surface area contributed by atoms with E-state index in [0.717, 1.165) is 0 Å². The molecule has 0 radical (unpaired) electrons. The number of hydrogen-bond donors (Lipinski definition) is 7. The summed E-state index contributed by atoms with van der Waals surface area (Å²) in [6.45, 7) is 0. The number of phenolic OH excluding ortho intramolecular Hbond substituents is 1. The van der Waals surface area contributed by atoms with Crippen LogP contribution in [0.3, 0.4) is 0 Å². The largest absolute Gasteiger partial charge is 0.508 e. The average molecular weight is 516 g/mol. The Morgan fingerprint density at radius 2 is 1.78 bits per heavy atom. The Kier molecular flexibility index (Phi) is 5.27. The van der Waals surface area contributed by atoms with Crippen molar-refractivity contribution in [3.8, 4) is 5.75 Å². The highest BCUT2D eigenvalue weighted by Crippen LogP contribution is 2.54. The van der Waals surface area contributed by atoms with Crippen LogP contribution in [0, 0.1) is 17.7 Å². The van der Waals surface area contributed by atoms with E-state index in [-0.39, 0.29) is 36.1 Å². The van der Waals surface area contributed by atoms with Gasteiger partial charge in [-0.05, 0) is 32.9 Å². The fourth-order valence-electron chi connectivity index (χ4n) is 6.25. The first-order valence-electron chi connectivity index (χ1n) is 11.5. The number of benzene rings is 1. The topological polar surface area (TPSA) is 217 Å². The van der Waals surface area contributed by atoms with Crippen LogP contribution in [0.4, 0.5) is 10.1 Å². The second kappa shape index (κ2) is 7.84. The van der Waals surface area contributed by atoms with Gasteiger partial charge in [0.25, 0.3) is 5.91 Å². The summed E-state index contributed by atoms with van der Waals surface area (Å²) in [4.78, 5) is 52.3. The summed E-state index contributed by atoms with van der Waals surface area (Å²) >= 11 is 0. The molecule has 196 valence electrons. The van der Waals surface area contributed by atoms with E-state index < -0.39 is 92.7 Å². The van der Waals surface area contributed by atoms with E-state index in [1.807, 2.05) is 0 Å². The maximum absolute atomic E-state index is 15.7. The molecule has 3 aliphatic carbocycles. The highest BCUT2D eigenvalue weighted by atomic mass is 19.1. The Hall–Kier alpha value is -3.81. The molecule has 5 atom stereocenters. The Bertz CT molecular complexity index is 1400. The second-order valence-corrected chi connectivity index (χ2v) is 10.1. The molecule has 1 aromatic rings. The molecule has 0 spiro atoms. The van der Waals surface area contributed by atoms with Crippen molar-refractivity contribution in [1.82, 2.24) is 4.90 Å². The number of nitrogens with two attached hydrogens (primary N) is 2. The summed E-state index contributed by atoms with van der Waals surface area (Å²) in [5.41, 5.74) is 5.98. The molecular formula is C24H25FN4O8. The molecule has 1 unspecified atom stereocenters. The summed E-state index contributed by atoms with van der Waals surface area (Å²) in [6.07, 6.45) is -0.577. The average Bonchev–Trinajstić information content (AvgIpc) is 2.80. The van der Waals surface area contributed by atoms with Crippen LogP contribution < -0.4 is 16.8 Å². The standard InChI is InChI=1S/C24H25FN4O8/c1-29(2)16-9-4-6-3-7-12(18(31)15-8(14(7)25)5-10(26)23(36)28-15)17(30)11(6)20(33)24(9,37)21(34)13(19(16)32)22(27)35/h6,9-10,16,30-31,34,37H,3-5,26H2,1-2H3,(H2,27,35)(H,28,36)/t6-,9-,10?,16-,24-/m1/s1. The van der Waals surface area contributed by atoms with Crippen molar-refractivity contribution in [2.45, 2.75) is 36.9 Å². The molecule has 1 saturated carbocycles. The van der Waals surface area contributed by atoms with Crippen molar-refractivity contribution in [2.75, 3.05) is 19.4 Å². The highest BCUT2D eigenvalue weighted by Gasteiger charge is 2.64. The Balaban J connectivity index is 1.75. The number of hydrogen-bond acceptors (Lipinski definition) is 10. The maximum atomic E-state index is 15.7. The molecule has 1 aliphatic heterocycles. The Labute approximate surface area is 209 Å². The van der Waals surface area contributed by atoms with Crippen LogP contribution in [0.1, 0.15) is 23.1 Å². The van der Waals surface area contributed by atoms with Gasteiger partial charge in [0.15, 0.2) is 17.1 Å². The van der Waals surface area contributed by atoms with Crippen LogP contribution in [0.25, 0.3) is 5.76 Å². The first-order valence-corrected chi connectivity index (χ1v) is 11.5. The normalized spacial score (nSPS) is 31.0. The zero-order valence-corrected chi connectivity index (χ0v) is 19.8. The predicted molar refractivity (Wildman–Crippen MR) is 125 cm³/mol. The lowest BCUT2D eigenvalue weighted by molar-refractivity contribution is -0.153. The minimum atomic E-state index is -2.80. The molecule has 4 aliphatic rings. The van der Waals surface area contributed by atoms with E-state index in [9.17, 15) is 39.6 Å². The molecule has 9 N–H and O–H groups in total. The van der Waals surface area contributed by atoms with Crippen molar-refractivity contribution in [1.29, 1.82) is 0 Å². The van der Waals surface area contributed by atoms with E-state index in [1.165, 1.54) is 19.0 Å². The maximum Gasteiger partial charge on any atom is 0.255 e. The van der Waals surface area contributed by atoms with Gasteiger partial charge in [0.1, 0.15) is 22.9 Å². The minimum Gasteiger partial charge on any atom is -0.508 e. The third-order valence-corrected chi connectivity index (χ3v) is 7.93. The summed E-state index contributed by atoms with van der Waals surface area (Å²) < 4.78 is 15.7. The van der Waals surface area contributed by atoms with Gasteiger partial charge in [-0.1, -0.05) is 0 Å². The van der Waals surface area contributed by atoms with Crippen LogP contribution >= 0.6 is 0 Å². The number of fused-ring (bicyclic) bond motifs is 4. The van der Waals surface area contributed by atoms with Gasteiger partial charge in [-0.25, -0.2) is 4.39 Å². The molecule has 2 amide bonds. The van der Waals surface area contributed by atoms with Crippen LogP contribution in [0.15, 0.2) is 16.9 Å². The van der Waals surface area contributed by atoms with Gasteiger partial charge >= 0.3 is 0 Å². The van der Waals surface area contributed by atoms with Crippen molar-refractivity contribution in [2.24, 2.45) is 23.3 Å². The highest BCUT2D eigenvalue weighted by molar-refractivity contribution is 6.24. The Morgan fingerprint density at radius 3 is 2.38 bits per heavy atom. The van der Waals surface area contributed by atoms with Gasteiger partial charge in [0, 0.05) is 29.0 Å². The number of aromatic hydroxyl groups is 1. The zero-order valence-electron chi connectivity index (χ0n) is 19.8. The lowest BCUT2D eigenvalue weighted by Crippen LogP contribution is -2.65. The number of ketones is 2. The van der Waals surface area contributed by atoms with Crippen LogP contribution in [0.5, 0.6) is 5.75 Å². The Morgan fingerprint density at radius 1 is 1.14 bits per heavy atom. The molecule has 1 heterocycles. The number of aliphatic hydroxyl groups excluding tert-OH is 2. The van der Waals surface area contributed by atoms with Gasteiger partial charge in [-0.15, -0.1) is 0 Å². The fraction of sp³-hybridized carbons (Fsp3) is 0.417. The number of carbonyl (C=O) groups excluding carboxylic acids is 4. The summed E-state index contributed by atoms with van der Waals surface area (Å²) in [5, 5.41) is 46.8. The molecule has 5 rings (SSSR count). The number of phenols is 1. The first-order chi connectivity index (χ1) is 17.2. The number of nitrogens with one attached hydrogen (secondary N) is 1. The number of aliphatic hydroxyl groups is 3. The van der Waals surface area contributed by atoms with Crippen molar-refractivity contribution in [3.63, 3.8) is 0 Å². The number of carbonyl (C=O) groups is 4. The molecule has 1 fully saturated rings. The van der Waals surface area contributed by atoms with Gasteiger partial charge in [-0.2, -0.15) is 0 Å². The number of amides is 2. The van der Waals surface area contributed by atoms with Gasteiger partial charge in [0.05, 0.1) is 23.3 Å². The van der Waals surface area contributed by atoms with Gasteiger partial charge < -0.3 is 37.2 Å². The zero-order chi connectivity index (χ0) is 27.3. The second-order valence-electron chi connectivity index (χ2n) is 10.1. The third-order valence-electron chi connectivity index (χ3n) is 7.93. The lowest BCUT2D eigenvalue weighted by Gasteiger charge is -2.50. The van der Waals surface area contributed by atoms with Crippen molar-refractivity contribution >= 4 is 34.8 Å². The van der Waals surface area contributed by atoms with Crippen LogP contribution in [0.2, 0.25) is 0 Å². The number of anilines is 1. The number of halogens is 1. The van der Waals surface area contributed by atoms with Crippen LogP contribution in [-0.2, 0) is 32.0 Å². The quantitative estimate of drug-likeness (QED) is 0.186. The smallest absolute Gasteiger partial charge is 0.255 e. The van der Waals surface area contributed by atoms with E-state index in [1.54, 1.807) is 0 Å². The van der Waals surface area contributed by atoms with E-state index in [2.05, 4.69) is 5.32 Å². The molecule has 1 aromatic carbocycles. The fourth-order valence-corrected chi connectivity index (χ4v) is 6.25. The third kappa shape index (κ3) is 3.04. The monoisotopic (exact) mass is 516 g/mol. The molecule has 0 aromatic heterocycles. The van der Waals surface area contributed by atoms with Crippen molar-refractivity contribution in [3.05, 3.63) is 39.4 Å².